The molecule has 2 N–H and O–H groups in total. The summed E-state index contributed by atoms with van der Waals surface area (Å²) in [5.41, 5.74) is 0.477. The van der Waals surface area contributed by atoms with Crippen LogP contribution in [0.4, 0.5) is 5.95 Å². The van der Waals surface area contributed by atoms with Gasteiger partial charge in [-0.3, -0.25) is 15.2 Å². The largest absolute Gasteiger partial charge is 0.460 e. The van der Waals surface area contributed by atoms with Crippen LogP contribution >= 0.6 is 0 Å². The number of amides is 1. The Kier molecular flexibility index (Phi) is 3.87. The molecule has 0 saturated heterocycles. The van der Waals surface area contributed by atoms with Crippen LogP contribution in [-0.4, -0.2) is 33.7 Å². The lowest BCUT2D eigenvalue weighted by Gasteiger charge is -1.99. The zero-order chi connectivity index (χ0) is 13.7. The number of aromatic nitrogens is 3. The molecule has 0 radical (unpaired) electrons. The smallest absolute Gasteiger partial charge is 0.375 e. The number of anilines is 1. The number of nitrogens with zero attached hydrogens (tertiary/aromatic N) is 2. The summed E-state index contributed by atoms with van der Waals surface area (Å²) in [4.78, 5) is 27.0. The highest BCUT2D eigenvalue weighted by molar-refractivity contribution is 6.03. The number of aromatic amines is 1. The summed E-state index contributed by atoms with van der Waals surface area (Å²) in [7, 11) is 0. The second-order valence-corrected chi connectivity index (χ2v) is 3.55. The molecule has 19 heavy (non-hydrogen) atoms. The number of H-pyrrole nitrogens is 1. The minimum Gasteiger partial charge on any atom is -0.460 e. The van der Waals surface area contributed by atoms with Gasteiger partial charge in [-0.2, -0.15) is 4.98 Å². The van der Waals surface area contributed by atoms with Crippen LogP contribution in [0.25, 0.3) is 0 Å². The lowest BCUT2D eigenvalue weighted by molar-refractivity contribution is 0.0512. The molecule has 0 fully saturated rings. The highest BCUT2D eigenvalue weighted by atomic mass is 16.5. The zero-order valence-corrected chi connectivity index (χ0v) is 10.2. The van der Waals surface area contributed by atoms with E-state index >= 15 is 0 Å². The number of carbonyl (C=O) groups excluding carboxylic acids is 2. The van der Waals surface area contributed by atoms with Crippen LogP contribution in [0.5, 0.6) is 0 Å². The third kappa shape index (κ3) is 3.15. The zero-order valence-electron chi connectivity index (χ0n) is 10.2. The van der Waals surface area contributed by atoms with Gasteiger partial charge in [-0.25, -0.2) is 4.79 Å². The number of hydrogen-bond donors (Lipinski definition) is 2. The fourth-order valence-corrected chi connectivity index (χ4v) is 1.37. The first-order valence-corrected chi connectivity index (χ1v) is 5.66. The number of nitrogens with one attached hydrogen (secondary N) is 2. The summed E-state index contributed by atoms with van der Waals surface area (Å²) < 4.78 is 4.75. The van der Waals surface area contributed by atoms with Crippen molar-refractivity contribution in [1.82, 2.24) is 15.2 Å². The topological polar surface area (TPSA) is 97.0 Å². The number of carbonyl (C=O) groups is 2. The predicted octanol–water partition coefficient (Wildman–Crippen LogP) is 1.23. The van der Waals surface area contributed by atoms with E-state index in [0.717, 1.165) is 0 Å². The molecule has 0 bridgehead atoms. The van der Waals surface area contributed by atoms with Crippen molar-refractivity contribution < 1.29 is 14.3 Å². The summed E-state index contributed by atoms with van der Waals surface area (Å²) in [6.07, 6.45) is 0. The van der Waals surface area contributed by atoms with Crippen molar-refractivity contribution in [2.45, 2.75) is 6.92 Å². The van der Waals surface area contributed by atoms with Gasteiger partial charge in [0.1, 0.15) is 0 Å². The molecule has 2 aromatic rings. The third-order valence-corrected chi connectivity index (χ3v) is 2.22. The van der Waals surface area contributed by atoms with Crippen molar-refractivity contribution in [3.8, 4) is 0 Å². The van der Waals surface area contributed by atoms with Crippen LogP contribution in [0.1, 0.15) is 27.9 Å². The number of ether oxygens (including phenoxy) is 1. The Balaban J connectivity index is 2.04. The van der Waals surface area contributed by atoms with Gasteiger partial charge in [-0.15, -0.1) is 5.10 Å². The monoisotopic (exact) mass is 260 g/mol. The molecular formula is C12H12N4O3. The Morgan fingerprint density at radius 1 is 1.32 bits per heavy atom. The first kappa shape index (κ1) is 12.7. The van der Waals surface area contributed by atoms with Crippen LogP contribution in [0.3, 0.4) is 0 Å². The van der Waals surface area contributed by atoms with E-state index in [0.29, 0.717) is 5.56 Å². The van der Waals surface area contributed by atoms with Crippen LogP contribution in [0.2, 0.25) is 0 Å². The van der Waals surface area contributed by atoms with Crippen molar-refractivity contribution in [1.29, 1.82) is 0 Å². The Morgan fingerprint density at radius 3 is 2.74 bits per heavy atom. The van der Waals surface area contributed by atoms with Gasteiger partial charge in [0.05, 0.1) is 6.61 Å². The second kappa shape index (κ2) is 5.76. The highest BCUT2D eigenvalue weighted by Gasteiger charge is 2.14. The normalized spacial score (nSPS) is 9.95. The lowest BCUT2D eigenvalue weighted by Crippen LogP contribution is -2.13. The van der Waals surface area contributed by atoms with Gasteiger partial charge >= 0.3 is 5.97 Å². The fourth-order valence-electron chi connectivity index (χ4n) is 1.37. The van der Waals surface area contributed by atoms with Gasteiger partial charge in [0.25, 0.3) is 5.91 Å². The molecule has 0 saturated carbocycles. The van der Waals surface area contributed by atoms with Crippen molar-refractivity contribution >= 4 is 17.8 Å². The Labute approximate surface area is 109 Å². The summed E-state index contributed by atoms with van der Waals surface area (Å²) in [5.74, 6) is -0.993. The molecular weight excluding hydrogens is 248 g/mol. The Hall–Kier alpha value is -2.70. The molecule has 1 aromatic heterocycles. The van der Waals surface area contributed by atoms with Gasteiger partial charge in [-0.1, -0.05) is 18.2 Å². The van der Waals surface area contributed by atoms with E-state index in [2.05, 4.69) is 20.5 Å². The number of esters is 1. The average Bonchev–Trinajstić information content (AvgIpc) is 2.88. The van der Waals surface area contributed by atoms with Crippen molar-refractivity contribution in [3.63, 3.8) is 0 Å². The number of benzene rings is 1. The summed E-state index contributed by atoms with van der Waals surface area (Å²) >= 11 is 0. The maximum absolute atomic E-state index is 11.8. The first-order valence-electron chi connectivity index (χ1n) is 5.66. The fraction of sp³-hybridized carbons (Fsp3) is 0.167. The summed E-state index contributed by atoms with van der Waals surface area (Å²) in [6.45, 7) is 1.93. The van der Waals surface area contributed by atoms with Gasteiger partial charge < -0.3 is 4.74 Å². The van der Waals surface area contributed by atoms with E-state index in [1.807, 2.05) is 6.07 Å². The quantitative estimate of drug-likeness (QED) is 0.806. The Morgan fingerprint density at radius 2 is 2.05 bits per heavy atom. The average molecular weight is 260 g/mol. The van der Waals surface area contributed by atoms with Gasteiger partial charge in [-0.05, 0) is 19.1 Å². The van der Waals surface area contributed by atoms with Crippen molar-refractivity contribution in [2.75, 3.05) is 11.9 Å². The second-order valence-electron chi connectivity index (χ2n) is 3.55. The summed E-state index contributed by atoms with van der Waals surface area (Å²) in [5, 5.41) is 8.59. The molecule has 1 aromatic carbocycles. The van der Waals surface area contributed by atoms with E-state index in [9.17, 15) is 9.59 Å². The molecule has 2 rings (SSSR count). The van der Waals surface area contributed by atoms with E-state index in [1.54, 1.807) is 31.2 Å². The van der Waals surface area contributed by atoms with Gasteiger partial charge in [0, 0.05) is 5.56 Å². The minimum absolute atomic E-state index is 0.0249. The molecule has 1 amide bonds. The first-order chi connectivity index (χ1) is 9.20. The Bertz CT molecular complexity index is 580. The van der Waals surface area contributed by atoms with Crippen molar-refractivity contribution in [2.24, 2.45) is 0 Å². The molecule has 0 aliphatic carbocycles. The van der Waals surface area contributed by atoms with E-state index in [1.165, 1.54) is 0 Å². The van der Waals surface area contributed by atoms with E-state index in [4.69, 9.17) is 4.74 Å². The number of hydrogen-bond acceptors (Lipinski definition) is 5. The predicted molar refractivity (Wildman–Crippen MR) is 66.7 cm³/mol. The van der Waals surface area contributed by atoms with E-state index in [-0.39, 0.29) is 24.3 Å². The number of rotatable bonds is 4. The van der Waals surface area contributed by atoms with Gasteiger partial charge in [0.15, 0.2) is 0 Å². The lowest BCUT2D eigenvalue weighted by atomic mass is 10.2. The molecule has 0 aliphatic heterocycles. The molecule has 0 atom stereocenters. The molecule has 98 valence electrons. The molecule has 0 aliphatic rings. The molecule has 0 spiro atoms. The maximum Gasteiger partial charge on any atom is 0.375 e. The maximum atomic E-state index is 11.8. The van der Waals surface area contributed by atoms with Gasteiger partial charge in [0.2, 0.25) is 11.8 Å². The molecule has 0 unspecified atom stereocenters. The van der Waals surface area contributed by atoms with Crippen LogP contribution in [0.15, 0.2) is 30.3 Å². The minimum atomic E-state index is -0.616. The highest BCUT2D eigenvalue weighted by Crippen LogP contribution is 2.04. The molecule has 7 heteroatoms. The standard InChI is InChI=1S/C12H12N4O3/c1-2-19-11(18)9-13-12(16-15-9)14-10(17)8-6-4-3-5-7-8/h3-7H,2H2,1H3,(H2,13,14,15,16,17). The third-order valence-electron chi connectivity index (χ3n) is 2.22. The van der Waals surface area contributed by atoms with Crippen LogP contribution < -0.4 is 5.32 Å². The SMILES string of the molecule is CCOC(=O)c1nc(NC(=O)c2ccccc2)n[nH]1. The van der Waals surface area contributed by atoms with Crippen LogP contribution in [0, 0.1) is 0 Å². The summed E-state index contributed by atoms with van der Waals surface area (Å²) in [6, 6.07) is 8.62. The van der Waals surface area contributed by atoms with Crippen molar-refractivity contribution in [3.05, 3.63) is 41.7 Å². The van der Waals surface area contributed by atoms with E-state index < -0.39 is 5.97 Å². The molecule has 7 nitrogen and oxygen atoms in total. The molecule has 1 heterocycles. The van der Waals surface area contributed by atoms with Crippen LogP contribution in [-0.2, 0) is 4.74 Å².